The van der Waals surface area contributed by atoms with Crippen molar-refractivity contribution in [1.29, 1.82) is 0 Å². The zero-order valence-corrected chi connectivity index (χ0v) is 23.6. The van der Waals surface area contributed by atoms with Crippen molar-refractivity contribution in [1.82, 2.24) is 4.31 Å². The number of alkyl halides is 1. The van der Waals surface area contributed by atoms with Gasteiger partial charge in [-0.15, -0.1) is 11.6 Å². The molecule has 1 fully saturated rings. The number of amides is 1. The lowest BCUT2D eigenvalue weighted by molar-refractivity contribution is -0.122. The van der Waals surface area contributed by atoms with Crippen LogP contribution in [0, 0.1) is 5.41 Å². The van der Waals surface area contributed by atoms with Gasteiger partial charge in [0.2, 0.25) is 15.9 Å². The van der Waals surface area contributed by atoms with E-state index in [1.807, 2.05) is 0 Å². The van der Waals surface area contributed by atoms with Crippen LogP contribution in [-0.4, -0.2) is 57.5 Å². The highest BCUT2D eigenvalue weighted by Crippen LogP contribution is 2.32. The van der Waals surface area contributed by atoms with Gasteiger partial charge < -0.3 is 5.32 Å². The van der Waals surface area contributed by atoms with E-state index in [1.165, 1.54) is 28.6 Å². The van der Waals surface area contributed by atoms with Gasteiger partial charge in [0, 0.05) is 52.6 Å². The van der Waals surface area contributed by atoms with Crippen LogP contribution in [0.4, 0.5) is 11.4 Å². The predicted octanol–water partition coefficient (Wildman–Crippen LogP) is 4.58. The summed E-state index contributed by atoms with van der Waals surface area (Å²) in [5.74, 6) is 1.35. The molecule has 1 heterocycles. The van der Waals surface area contributed by atoms with Crippen molar-refractivity contribution in [2.45, 2.75) is 23.6 Å². The lowest BCUT2D eigenvalue weighted by Crippen LogP contribution is -2.37. The summed E-state index contributed by atoms with van der Waals surface area (Å²) in [6.45, 7) is 4.29. The lowest BCUT2D eigenvalue weighted by Gasteiger charge is -2.26. The Morgan fingerprint density at radius 3 is 2.03 bits per heavy atom. The van der Waals surface area contributed by atoms with E-state index in [0.717, 1.165) is 11.5 Å². The molecule has 37 heavy (non-hydrogen) atoms. The maximum atomic E-state index is 13.4. The number of anilines is 2. The first-order valence-corrected chi connectivity index (χ1v) is 16.2. The molecule has 0 radical (unpaired) electrons. The zero-order chi connectivity index (χ0) is 26.8. The Morgan fingerprint density at radius 2 is 1.43 bits per heavy atom. The monoisotopic (exact) mass is 581 g/mol. The molecule has 8 nitrogen and oxygen atoms in total. The summed E-state index contributed by atoms with van der Waals surface area (Å²) < 4.78 is 57.4. The van der Waals surface area contributed by atoms with Crippen molar-refractivity contribution in [3.63, 3.8) is 0 Å². The SMILES string of the molecule is CC(C)(CCl)C(=O)Nc1ccc(NS(=O)(=O)c2cccc3c(S(=O)(=O)N4CCSCC4)cccc23)cc1. The highest BCUT2D eigenvalue weighted by Gasteiger charge is 2.29. The highest BCUT2D eigenvalue weighted by molar-refractivity contribution is 7.99. The molecular weight excluding hydrogens is 554 g/mol. The van der Waals surface area contributed by atoms with E-state index in [-0.39, 0.29) is 21.6 Å². The first-order valence-electron chi connectivity index (χ1n) is 11.6. The second-order valence-electron chi connectivity index (χ2n) is 9.28. The molecule has 0 unspecified atom stereocenters. The Kier molecular flexibility index (Phi) is 8.10. The fourth-order valence-corrected chi connectivity index (χ4v) is 8.02. The Bertz CT molecular complexity index is 1520. The van der Waals surface area contributed by atoms with Crippen LogP contribution < -0.4 is 10.0 Å². The number of sulfonamides is 2. The van der Waals surface area contributed by atoms with Crippen molar-refractivity contribution < 1.29 is 21.6 Å². The van der Waals surface area contributed by atoms with Crippen molar-refractivity contribution >= 4 is 71.5 Å². The van der Waals surface area contributed by atoms with Gasteiger partial charge in [-0.2, -0.15) is 16.1 Å². The molecule has 0 spiro atoms. The molecule has 1 amide bonds. The minimum absolute atomic E-state index is 0.0301. The van der Waals surface area contributed by atoms with Crippen LogP contribution in [0.1, 0.15) is 13.8 Å². The van der Waals surface area contributed by atoms with E-state index in [1.54, 1.807) is 62.0 Å². The molecule has 12 heteroatoms. The van der Waals surface area contributed by atoms with Gasteiger partial charge in [0.05, 0.1) is 15.2 Å². The molecule has 2 N–H and O–H groups in total. The number of halogens is 1. The third-order valence-corrected chi connectivity index (χ3v) is 11.1. The van der Waals surface area contributed by atoms with Gasteiger partial charge >= 0.3 is 0 Å². The van der Waals surface area contributed by atoms with Gasteiger partial charge in [-0.3, -0.25) is 9.52 Å². The van der Waals surface area contributed by atoms with Crippen LogP contribution in [0.3, 0.4) is 0 Å². The fourth-order valence-electron chi connectivity index (χ4n) is 3.83. The fraction of sp³-hybridized carbons (Fsp3) is 0.320. The molecule has 1 aliphatic heterocycles. The second kappa shape index (κ2) is 10.8. The molecule has 1 saturated heterocycles. The molecule has 0 aliphatic carbocycles. The molecule has 1 aliphatic rings. The average molecular weight is 582 g/mol. The molecule has 198 valence electrons. The smallest absolute Gasteiger partial charge is 0.262 e. The van der Waals surface area contributed by atoms with Crippen LogP contribution in [0.15, 0.2) is 70.5 Å². The van der Waals surface area contributed by atoms with E-state index in [2.05, 4.69) is 10.0 Å². The quantitative estimate of drug-likeness (QED) is 0.377. The Hall–Kier alpha value is -2.31. The highest BCUT2D eigenvalue weighted by atomic mass is 35.5. The van der Waals surface area contributed by atoms with E-state index >= 15 is 0 Å². The molecule has 3 aromatic rings. The van der Waals surface area contributed by atoms with E-state index in [9.17, 15) is 21.6 Å². The van der Waals surface area contributed by atoms with Crippen molar-refractivity contribution in [2.75, 3.05) is 40.5 Å². The molecule has 4 rings (SSSR count). The second-order valence-corrected chi connectivity index (χ2v) is 14.3. The van der Waals surface area contributed by atoms with E-state index in [0.29, 0.717) is 35.2 Å². The maximum absolute atomic E-state index is 13.4. The third kappa shape index (κ3) is 5.91. The predicted molar refractivity (Wildman–Crippen MR) is 150 cm³/mol. The Morgan fingerprint density at radius 1 is 0.892 bits per heavy atom. The Balaban J connectivity index is 1.62. The van der Waals surface area contributed by atoms with Crippen LogP contribution in [0.25, 0.3) is 10.8 Å². The van der Waals surface area contributed by atoms with Gasteiger partial charge in [0.25, 0.3) is 10.0 Å². The zero-order valence-electron chi connectivity index (χ0n) is 20.4. The number of rotatable bonds is 8. The van der Waals surface area contributed by atoms with Gasteiger partial charge in [-0.25, -0.2) is 16.8 Å². The third-order valence-electron chi connectivity index (χ3n) is 6.06. The van der Waals surface area contributed by atoms with Crippen LogP contribution in [0.2, 0.25) is 0 Å². The molecule has 0 atom stereocenters. The first kappa shape index (κ1) is 27.7. The van der Waals surface area contributed by atoms with E-state index in [4.69, 9.17) is 11.6 Å². The largest absolute Gasteiger partial charge is 0.326 e. The number of thioether (sulfide) groups is 1. The summed E-state index contributed by atoms with van der Waals surface area (Å²) in [6, 6.07) is 15.5. The number of carbonyl (C=O) groups excluding carboxylic acids is 1. The van der Waals surface area contributed by atoms with Crippen LogP contribution in [-0.2, 0) is 24.8 Å². The normalized spacial score (nSPS) is 15.4. The number of benzene rings is 3. The lowest BCUT2D eigenvalue weighted by atomic mass is 9.95. The number of nitrogens with zero attached hydrogens (tertiary/aromatic N) is 1. The summed E-state index contributed by atoms with van der Waals surface area (Å²) in [5.41, 5.74) is 0.0404. The summed E-state index contributed by atoms with van der Waals surface area (Å²) in [5, 5.41) is 3.43. The average Bonchev–Trinajstić information content (AvgIpc) is 2.89. The number of hydrogen-bond acceptors (Lipinski definition) is 6. The molecular formula is C25H28ClN3O5S3. The van der Waals surface area contributed by atoms with Crippen LogP contribution in [0.5, 0.6) is 0 Å². The molecule has 0 aromatic heterocycles. The summed E-state index contributed by atoms with van der Waals surface area (Å²) in [4.78, 5) is 12.4. The minimum atomic E-state index is -4.06. The first-order chi connectivity index (χ1) is 17.5. The van der Waals surface area contributed by atoms with Crippen molar-refractivity contribution in [2.24, 2.45) is 5.41 Å². The van der Waals surface area contributed by atoms with Crippen molar-refractivity contribution in [3.8, 4) is 0 Å². The van der Waals surface area contributed by atoms with E-state index < -0.39 is 25.5 Å². The topological polar surface area (TPSA) is 113 Å². The van der Waals surface area contributed by atoms with Gasteiger partial charge in [0.15, 0.2) is 0 Å². The van der Waals surface area contributed by atoms with Gasteiger partial charge in [0.1, 0.15) is 0 Å². The standard InChI is InChI=1S/C25H28ClN3O5S3/c1-25(2,17-26)24(30)27-18-9-11-19(12-10-18)28-36(31,32)22-7-3-6-21-20(22)5-4-8-23(21)37(33,34)29-13-15-35-16-14-29/h3-12,28H,13-17H2,1-2H3,(H,27,30). The minimum Gasteiger partial charge on any atom is -0.326 e. The van der Waals surface area contributed by atoms with Gasteiger partial charge in [-0.05, 0) is 50.2 Å². The van der Waals surface area contributed by atoms with Crippen molar-refractivity contribution in [3.05, 3.63) is 60.7 Å². The maximum Gasteiger partial charge on any atom is 0.262 e. The summed E-state index contributed by atoms with van der Waals surface area (Å²) in [6.07, 6.45) is 0. The van der Waals surface area contributed by atoms with Gasteiger partial charge in [-0.1, -0.05) is 24.3 Å². The molecule has 0 saturated carbocycles. The summed E-state index contributed by atoms with van der Waals surface area (Å²) >= 11 is 7.56. The number of carbonyl (C=O) groups is 1. The Labute approximate surface area is 226 Å². The summed E-state index contributed by atoms with van der Waals surface area (Å²) in [7, 11) is -7.83. The number of hydrogen-bond donors (Lipinski definition) is 2. The number of fused-ring (bicyclic) bond motifs is 1. The molecule has 3 aromatic carbocycles. The molecule has 0 bridgehead atoms. The van der Waals surface area contributed by atoms with Crippen LogP contribution >= 0.6 is 23.4 Å². The number of nitrogens with one attached hydrogen (secondary N) is 2.